The van der Waals surface area contributed by atoms with Crippen LogP contribution < -0.4 is 0 Å². The molecule has 0 saturated heterocycles. The van der Waals surface area contributed by atoms with E-state index in [1.54, 1.807) is 19.9 Å². The van der Waals surface area contributed by atoms with Gasteiger partial charge in [-0.05, 0) is 50.5 Å². The molecule has 4 aliphatic carbocycles. The molecule has 0 aliphatic heterocycles. The van der Waals surface area contributed by atoms with E-state index in [-0.39, 0.29) is 31.0 Å². The Morgan fingerprint density at radius 3 is 2.59 bits per heavy atom. The number of aliphatic hydroxyl groups is 2. The van der Waals surface area contributed by atoms with Crippen molar-refractivity contribution >= 4 is 11.6 Å². The number of fused-ring (bicyclic) bond motifs is 5. The first kappa shape index (κ1) is 19.2. The lowest BCUT2D eigenvalue weighted by Gasteiger charge is -2.63. The van der Waals surface area contributed by atoms with Crippen LogP contribution in [0.3, 0.4) is 0 Å². The predicted octanol–water partition coefficient (Wildman–Crippen LogP) is 2.85. The van der Waals surface area contributed by atoms with Crippen LogP contribution in [0.25, 0.3) is 0 Å². The van der Waals surface area contributed by atoms with Gasteiger partial charge >= 0.3 is 0 Å². The smallest absolute Gasteiger partial charge is 0.195 e. The van der Waals surface area contributed by atoms with E-state index < -0.39 is 46.6 Å². The summed E-state index contributed by atoms with van der Waals surface area (Å²) in [5.41, 5.74) is -4.96. The van der Waals surface area contributed by atoms with Crippen molar-refractivity contribution in [3.63, 3.8) is 0 Å². The van der Waals surface area contributed by atoms with Crippen LogP contribution in [0.15, 0.2) is 11.6 Å². The SMILES string of the molecule is C[C@]12CCC(=O)C=C1CC[C@H]1[C@@H]3CC[C@@](O)(C(=O)CF)[C@@]3(C)C[C@H](O)[C@@]12F. The zero-order valence-electron chi connectivity index (χ0n) is 15.9. The molecule has 6 heteroatoms. The average molecular weight is 382 g/mol. The maximum Gasteiger partial charge on any atom is 0.195 e. The van der Waals surface area contributed by atoms with E-state index in [1.807, 2.05) is 0 Å². The molecule has 150 valence electrons. The fourth-order valence-corrected chi connectivity index (χ4v) is 7.14. The van der Waals surface area contributed by atoms with Crippen LogP contribution in [0.4, 0.5) is 8.78 Å². The molecule has 0 aromatic heterocycles. The summed E-state index contributed by atoms with van der Waals surface area (Å²) in [6.45, 7) is 2.25. The van der Waals surface area contributed by atoms with Crippen molar-refractivity contribution in [2.75, 3.05) is 6.67 Å². The Morgan fingerprint density at radius 1 is 1.22 bits per heavy atom. The highest BCUT2D eigenvalue weighted by atomic mass is 19.1. The molecule has 0 unspecified atom stereocenters. The van der Waals surface area contributed by atoms with Crippen LogP contribution in [0.2, 0.25) is 0 Å². The molecule has 2 N–H and O–H groups in total. The van der Waals surface area contributed by atoms with Crippen LogP contribution in [0.1, 0.15) is 58.8 Å². The lowest BCUT2D eigenvalue weighted by molar-refractivity contribution is -0.226. The van der Waals surface area contributed by atoms with Gasteiger partial charge in [0.2, 0.25) is 0 Å². The molecule has 0 aromatic rings. The normalized spacial score (nSPS) is 51.9. The first-order chi connectivity index (χ1) is 12.5. The molecule has 0 heterocycles. The van der Waals surface area contributed by atoms with E-state index in [0.29, 0.717) is 25.7 Å². The summed E-state index contributed by atoms with van der Waals surface area (Å²) < 4.78 is 29.9. The van der Waals surface area contributed by atoms with Crippen molar-refractivity contribution in [1.29, 1.82) is 0 Å². The Balaban J connectivity index is 1.80. The van der Waals surface area contributed by atoms with Crippen LogP contribution in [-0.4, -0.2) is 45.8 Å². The molecule has 3 fully saturated rings. The lowest BCUT2D eigenvalue weighted by atomic mass is 9.44. The first-order valence-corrected chi connectivity index (χ1v) is 9.97. The number of hydrogen-bond acceptors (Lipinski definition) is 4. The van der Waals surface area contributed by atoms with Gasteiger partial charge in [0.05, 0.1) is 6.10 Å². The van der Waals surface area contributed by atoms with Crippen LogP contribution >= 0.6 is 0 Å². The second kappa shape index (κ2) is 5.69. The molecule has 0 bridgehead atoms. The quantitative estimate of drug-likeness (QED) is 0.770. The van der Waals surface area contributed by atoms with Crippen LogP contribution in [0.5, 0.6) is 0 Å². The number of alkyl halides is 2. The van der Waals surface area contributed by atoms with E-state index in [4.69, 9.17) is 0 Å². The van der Waals surface area contributed by atoms with E-state index in [0.717, 1.165) is 5.57 Å². The molecular weight excluding hydrogens is 354 g/mol. The largest absolute Gasteiger partial charge is 0.390 e. The van der Waals surface area contributed by atoms with Gasteiger partial charge in [-0.3, -0.25) is 9.59 Å². The van der Waals surface area contributed by atoms with Crippen molar-refractivity contribution < 1.29 is 28.6 Å². The molecule has 4 rings (SSSR count). The minimum atomic E-state index is -1.91. The fraction of sp³-hybridized carbons (Fsp3) is 0.810. The Morgan fingerprint density at radius 2 is 1.93 bits per heavy atom. The maximum atomic E-state index is 16.8. The van der Waals surface area contributed by atoms with Crippen molar-refractivity contribution in [3.05, 3.63) is 11.6 Å². The van der Waals surface area contributed by atoms with Gasteiger partial charge in [-0.15, -0.1) is 0 Å². The molecule has 3 saturated carbocycles. The van der Waals surface area contributed by atoms with Crippen LogP contribution in [0, 0.1) is 22.7 Å². The zero-order valence-corrected chi connectivity index (χ0v) is 15.9. The highest BCUT2D eigenvalue weighted by molar-refractivity contribution is 5.92. The van der Waals surface area contributed by atoms with E-state index >= 15 is 4.39 Å². The van der Waals surface area contributed by atoms with Gasteiger partial charge in [0.25, 0.3) is 0 Å². The molecular formula is C21H28F2O4. The third-order valence-electron chi connectivity index (χ3n) is 8.78. The van der Waals surface area contributed by atoms with Crippen molar-refractivity contribution in [3.8, 4) is 0 Å². The monoisotopic (exact) mass is 382 g/mol. The Kier molecular flexibility index (Phi) is 4.05. The molecule has 0 spiro atoms. The number of rotatable bonds is 2. The minimum Gasteiger partial charge on any atom is -0.390 e. The summed E-state index contributed by atoms with van der Waals surface area (Å²) in [4.78, 5) is 24.1. The summed E-state index contributed by atoms with van der Waals surface area (Å²) >= 11 is 0. The molecule has 0 aromatic carbocycles. The topological polar surface area (TPSA) is 74.6 Å². The zero-order chi connectivity index (χ0) is 19.8. The number of ketones is 2. The molecule has 0 radical (unpaired) electrons. The molecule has 4 nitrogen and oxygen atoms in total. The Hall–Kier alpha value is -1.14. The second-order valence-electron chi connectivity index (χ2n) is 9.58. The van der Waals surface area contributed by atoms with Crippen LogP contribution in [-0.2, 0) is 9.59 Å². The van der Waals surface area contributed by atoms with Gasteiger partial charge in [-0.25, -0.2) is 8.78 Å². The van der Waals surface area contributed by atoms with Gasteiger partial charge < -0.3 is 10.2 Å². The number of allylic oxidation sites excluding steroid dienone is 1. The number of carbonyl (C=O) groups excluding carboxylic acids is 2. The predicted molar refractivity (Wildman–Crippen MR) is 94.4 cm³/mol. The second-order valence-corrected chi connectivity index (χ2v) is 9.58. The molecule has 7 atom stereocenters. The lowest BCUT2D eigenvalue weighted by Crippen LogP contribution is -2.69. The third-order valence-corrected chi connectivity index (χ3v) is 8.78. The van der Waals surface area contributed by atoms with E-state index in [9.17, 15) is 24.2 Å². The standard InChI is InChI=1S/C21H28F2O4/c1-18-7-5-13(24)9-12(18)3-4-15-14-6-8-20(27,17(26)11-22)19(14,2)10-16(25)21(15,18)23/h9,14-16,25,27H,3-8,10-11H2,1-2H3/t14-,15-,16-,18-,19-,20+,21-/m0/s1. The number of hydrogen-bond donors (Lipinski definition) is 2. The molecule has 0 amide bonds. The van der Waals surface area contributed by atoms with Gasteiger partial charge in [0, 0.05) is 23.2 Å². The summed E-state index contributed by atoms with van der Waals surface area (Å²) in [6, 6.07) is 0. The first-order valence-electron chi connectivity index (χ1n) is 9.97. The summed E-state index contributed by atoms with van der Waals surface area (Å²) in [5.74, 6) is -1.69. The van der Waals surface area contributed by atoms with Gasteiger partial charge in [0.15, 0.2) is 18.2 Å². The van der Waals surface area contributed by atoms with Crippen molar-refractivity contribution in [1.82, 2.24) is 0 Å². The fourth-order valence-electron chi connectivity index (χ4n) is 7.14. The Labute approximate surface area is 158 Å². The number of halogens is 2. The maximum absolute atomic E-state index is 16.8. The van der Waals surface area contributed by atoms with Crippen molar-refractivity contribution in [2.24, 2.45) is 22.7 Å². The molecule has 27 heavy (non-hydrogen) atoms. The average Bonchev–Trinajstić information content (AvgIpc) is 2.88. The third kappa shape index (κ3) is 2.09. The minimum absolute atomic E-state index is 0.00319. The van der Waals surface area contributed by atoms with E-state index in [2.05, 4.69) is 0 Å². The molecule has 4 aliphatic rings. The van der Waals surface area contributed by atoms with Gasteiger partial charge in [-0.2, -0.15) is 0 Å². The number of Topliss-reactive ketones (excluding diaryl/α,β-unsaturated/α-hetero) is 1. The Bertz CT molecular complexity index is 736. The highest BCUT2D eigenvalue weighted by Gasteiger charge is 2.74. The van der Waals surface area contributed by atoms with Crippen molar-refractivity contribution in [2.45, 2.75) is 76.2 Å². The van der Waals surface area contributed by atoms with E-state index in [1.165, 1.54) is 0 Å². The summed E-state index contributed by atoms with van der Waals surface area (Å²) in [6.07, 6.45) is 2.31. The number of carbonyl (C=O) groups is 2. The highest BCUT2D eigenvalue weighted by Crippen LogP contribution is 2.70. The summed E-state index contributed by atoms with van der Waals surface area (Å²) in [7, 11) is 0. The summed E-state index contributed by atoms with van der Waals surface area (Å²) in [5, 5.41) is 22.1. The van der Waals surface area contributed by atoms with Gasteiger partial charge in [0.1, 0.15) is 11.3 Å². The number of aliphatic hydroxyl groups excluding tert-OH is 1. The van der Waals surface area contributed by atoms with Gasteiger partial charge in [-0.1, -0.05) is 19.4 Å².